The fourth-order valence-corrected chi connectivity index (χ4v) is 4.06. The lowest BCUT2D eigenvalue weighted by atomic mass is 10.0. The maximum Gasteiger partial charge on any atom is 0.254 e. The molecular weight excluding hydrogens is 324 g/mol. The number of piperidine rings is 1. The molecule has 1 N–H and O–H groups in total. The van der Waals surface area contributed by atoms with E-state index in [2.05, 4.69) is 14.9 Å². The first-order valence-electron chi connectivity index (χ1n) is 8.04. The second kappa shape index (κ2) is 6.32. The van der Waals surface area contributed by atoms with E-state index in [0.29, 0.717) is 17.9 Å². The summed E-state index contributed by atoms with van der Waals surface area (Å²) in [4.78, 5) is 31.4. The second-order valence-corrected chi connectivity index (χ2v) is 7.12. The fourth-order valence-electron chi connectivity index (χ4n) is 3.27. The van der Waals surface area contributed by atoms with Gasteiger partial charge in [-0.25, -0.2) is 4.98 Å². The predicted molar refractivity (Wildman–Crippen MR) is 92.2 cm³/mol. The standard InChI is InChI=1S/C17H18N4O2S/c22-16-10-24-15-4-3-12(8-14(15)19-16)17(23)20-6-1-2-13(9-20)21-7-5-18-11-21/h3-5,7-8,11,13H,1-2,6,9-10H2,(H,19,22)/t13-/m1/s1. The summed E-state index contributed by atoms with van der Waals surface area (Å²) >= 11 is 1.50. The zero-order valence-electron chi connectivity index (χ0n) is 13.1. The number of anilines is 1. The lowest BCUT2D eigenvalue weighted by molar-refractivity contribution is -0.113. The lowest BCUT2D eigenvalue weighted by Gasteiger charge is -2.33. The highest BCUT2D eigenvalue weighted by molar-refractivity contribution is 8.00. The molecule has 0 unspecified atom stereocenters. The van der Waals surface area contributed by atoms with E-state index < -0.39 is 0 Å². The van der Waals surface area contributed by atoms with Gasteiger partial charge in [0, 0.05) is 35.9 Å². The van der Waals surface area contributed by atoms with Crippen LogP contribution < -0.4 is 5.32 Å². The maximum absolute atomic E-state index is 12.9. The van der Waals surface area contributed by atoms with Crippen LogP contribution in [-0.2, 0) is 4.79 Å². The molecule has 0 radical (unpaired) electrons. The Hall–Kier alpha value is -2.28. The first-order chi connectivity index (χ1) is 11.7. The molecule has 2 amide bonds. The Bertz CT molecular complexity index is 775. The monoisotopic (exact) mass is 342 g/mol. The highest BCUT2D eigenvalue weighted by Gasteiger charge is 2.26. The summed E-state index contributed by atoms with van der Waals surface area (Å²) in [7, 11) is 0. The minimum Gasteiger partial charge on any atom is -0.337 e. The van der Waals surface area contributed by atoms with E-state index in [9.17, 15) is 9.59 Å². The molecule has 0 saturated carbocycles. The van der Waals surface area contributed by atoms with Crippen LogP contribution in [0.5, 0.6) is 0 Å². The molecule has 2 aliphatic heterocycles. The molecule has 7 heteroatoms. The van der Waals surface area contributed by atoms with Crippen molar-refractivity contribution in [2.75, 3.05) is 24.2 Å². The Labute approximate surface area is 144 Å². The number of amides is 2. The number of fused-ring (bicyclic) bond motifs is 1. The highest BCUT2D eigenvalue weighted by Crippen LogP contribution is 2.32. The van der Waals surface area contributed by atoms with Gasteiger partial charge in [-0.15, -0.1) is 11.8 Å². The number of carbonyl (C=O) groups excluding carboxylic acids is 2. The zero-order valence-corrected chi connectivity index (χ0v) is 14.0. The first kappa shape index (κ1) is 15.3. The normalized spacial score (nSPS) is 20.4. The summed E-state index contributed by atoms with van der Waals surface area (Å²) in [6.45, 7) is 1.45. The van der Waals surface area contributed by atoms with Crippen LogP contribution in [-0.4, -0.2) is 45.1 Å². The van der Waals surface area contributed by atoms with E-state index >= 15 is 0 Å². The van der Waals surface area contributed by atoms with Gasteiger partial charge >= 0.3 is 0 Å². The van der Waals surface area contributed by atoms with E-state index in [1.807, 2.05) is 29.6 Å². The molecule has 1 saturated heterocycles. The van der Waals surface area contributed by atoms with Crippen molar-refractivity contribution in [3.05, 3.63) is 42.5 Å². The molecule has 3 heterocycles. The number of nitrogens with one attached hydrogen (secondary N) is 1. The third-order valence-electron chi connectivity index (χ3n) is 4.49. The number of hydrogen-bond acceptors (Lipinski definition) is 4. The van der Waals surface area contributed by atoms with Crippen LogP contribution in [0.25, 0.3) is 0 Å². The molecule has 4 rings (SSSR count). The van der Waals surface area contributed by atoms with Gasteiger partial charge in [0.05, 0.1) is 23.8 Å². The number of aromatic nitrogens is 2. The number of benzene rings is 1. The summed E-state index contributed by atoms with van der Waals surface area (Å²) in [5, 5.41) is 2.85. The number of likely N-dealkylation sites (tertiary alicyclic amines) is 1. The van der Waals surface area contributed by atoms with E-state index in [0.717, 1.165) is 30.0 Å². The summed E-state index contributed by atoms with van der Waals surface area (Å²) in [6, 6.07) is 5.84. The number of rotatable bonds is 2. The van der Waals surface area contributed by atoms with Gasteiger partial charge in [-0.2, -0.15) is 0 Å². The van der Waals surface area contributed by atoms with Gasteiger partial charge in [0.2, 0.25) is 5.91 Å². The summed E-state index contributed by atoms with van der Waals surface area (Å²) in [5.41, 5.74) is 1.37. The van der Waals surface area contributed by atoms with Gasteiger partial charge in [-0.3, -0.25) is 9.59 Å². The van der Waals surface area contributed by atoms with Crippen molar-refractivity contribution in [1.82, 2.24) is 14.5 Å². The van der Waals surface area contributed by atoms with Crippen molar-refractivity contribution in [2.45, 2.75) is 23.8 Å². The van der Waals surface area contributed by atoms with Gasteiger partial charge in [0.15, 0.2) is 0 Å². The average Bonchev–Trinajstić information content (AvgIpc) is 3.15. The second-order valence-electron chi connectivity index (χ2n) is 6.10. The van der Waals surface area contributed by atoms with E-state index in [1.54, 1.807) is 12.3 Å². The average molecular weight is 342 g/mol. The third-order valence-corrected chi connectivity index (χ3v) is 5.56. The van der Waals surface area contributed by atoms with Crippen molar-refractivity contribution in [2.24, 2.45) is 0 Å². The first-order valence-corrected chi connectivity index (χ1v) is 9.03. The van der Waals surface area contributed by atoms with Gasteiger partial charge < -0.3 is 14.8 Å². The van der Waals surface area contributed by atoms with E-state index in [4.69, 9.17) is 0 Å². The van der Waals surface area contributed by atoms with Crippen LogP contribution in [0.3, 0.4) is 0 Å². The minimum absolute atomic E-state index is 0.0183. The number of nitrogens with zero attached hydrogens (tertiary/aromatic N) is 3. The summed E-state index contributed by atoms with van der Waals surface area (Å²) < 4.78 is 2.07. The van der Waals surface area contributed by atoms with Crippen LogP contribution in [0.4, 0.5) is 5.69 Å². The molecule has 2 aromatic rings. The van der Waals surface area contributed by atoms with Crippen LogP contribution in [0.1, 0.15) is 29.2 Å². The Morgan fingerprint density at radius 1 is 1.38 bits per heavy atom. The molecule has 1 aromatic carbocycles. The zero-order chi connectivity index (χ0) is 16.5. The van der Waals surface area contributed by atoms with Gasteiger partial charge in [0.25, 0.3) is 5.91 Å². The highest BCUT2D eigenvalue weighted by atomic mass is 32.2. The number of thioether (sulfide) groups is 1. The van der Waals surface area contributed by atoms with Crippen molar-refractivity contribution in [3.63, 3.8) is 0 Å². The van der Waals surface area contributed by atoms with Crippen molar-refractivity contribution < 1.29 is 9.59 Å². The molecule has 2 aliphatic rings. The molecule has 6 nitrogen and oxygen atoms in total. The van der Waals surface area contributed by atoms with Gasteiger partial charge in [-0.05, 0) is 31.0 Å². The smallest absolute Gasteiger partial charge is 0.254 e. The molecule has 0 aliphatic carbocycles. The Morgan fingerprint density at radius 2 is 2.29 bits per heavy atom. The molecular formula is C17H18N4O2S. The van der Waals surface area contributed by atoms with Crippen molar-refractivity contribution in [3.8, 4) is 0 Å². The largest absolute Gasteiger partial charge is 0.337 e. The summed E-state index contributed by atoms with van der Waals surface area (Å²) in [5.74, 6) is 0.432. The maximum atomic E-state index is 12.9. The Kier molecular flexibility index (Phi) is 4.02. The molecule has 1 fully saturated rings. The molecule has 24 heavy (non-hydrogen) atoms. The molecule has 0 spiro atoms. The summed E-state index contributed by atoms with van der Waals surface area (Å²) in [6.07, 6.45) is 7.56. The van der Waals surface area contributed by atoms with Crippen molar-refractivity contribution >= 4 is 29.3 Å². The molecule has 0 bridgehead atoms. The Balaban J connectivity index is 1.53. The topological polar surface area (TPSA) is 67.2 Å². The number of hydrogen-bond donors (Lipinski definition) is 1. The molecule has 1 atom stereocenters. The SMILES string of the molecule is O=C1CSc2ccc(C(=O)N3CCC[C@@H](n4ccnc4)C3)cc2N1. The van der Waals surface area contributed by atoms with E-state index in [-0.39, 0.29) is 17.9 Å². The van der Waals surface area contributed by atoms with Crippen LogP contribution in [0.15, 0.2) is 41.8 Å². The quantitative estimate of drug-likeness (QED) is 0.910. The predicted octanol–water partition coefficient (Wildman–Crippen LogP) is 2.40. The van der Waals surface area contributed by atoms with Crippen LogP contribution in [0, 0.1) is 0 Å². The number of imidazole rings is 1. The Morgan fingerprint density at radius 3 is 3.12 bits per heavy atom. The van der Waals surface area contributed by atoms with Crippen LogP contribution in [0.2, 0.25) is 0 Å². The molecule has 124 valence electrons. The minimum atomic E-state index is -0.0183. The van der Waals surface area contributed by atoms with Crippen LogP contribution >= 0.6 is 11.8 Å². The van der Waals surface area contributed by atoms with Gasteiger partial charge in [-0.1, -0.05) is 0 Å². The fraction of sp³-hybridized carbons (Fsp3) is 0.353. The lowest BCUT2D eigenvalue weighted by Crippen LogP contribution is -2.40. The molecule has 1 aromatic heterocycles. The van der Waals surface area contributed by atoms with Gasteiger partial charge in [0.1, 0.15) is 0 Å². The number of carbonyl (C=O) groups is 2. The van der Waals surface area contributed by atoms with Crippen molar-refractivity contribution in [1.29, 1.82) is 0 Å². The van der Waals surface area contributed by atoms with E-state index in [1.165, 1.54) is 11.8 Å². The third kappa shape index (κ3) is 2.91.